The van der Waals surface area contributed by atoms with Gasteiger partial charge in [0.25, 0.3) is 0 Å². The van der Waals surface area contributed by atoms with Crippen molar-refractivity contribution in [1.82, 2.24) is 19.5 Å². The number of nitrogens with zero attached hydrogens (tertiary/aromatic N) is 4. The smallest absolute Gasteiger partial charge is 0.145 e. The fraction of sp³-hybridized carbons (Fsp3) is 0.350. The second kappa shape index (κ2) is 6.80. The first kappa shape index (κ1) is 17.5. The molecule has 0 amide bonds. The molecule has 5 rings (SSSR count). The number of anilines is 1. The Morgan fingerprint density at radius 2 is 2.04 bits per heavy atom. The van der Waals surface area contributed by atoms with Crippen LogP contribution in [0.15, 0.2) is 42.3 Å². The number of aromatic nitrogens is 4. The average molecular weight is 395 g/mol. The number of nitrogens with two attached hydrogens (primary N) is 1. The summed E-state index contributed by atoms with van der Waals surface area (Å²) in [5.41, 5.74) is 10.7. The lowest BCUT2D eigenvalue weighted by Gasteiger charge is -2.19. The van der Waals surface area contributed by atoms with Crippen molar-refractivity contribution in [2.45, 2.75) is 37.5 Å². The number of aliphatic hydroxyl groups is 2. The molecule has 4 aromatic rings. The van der Waals surface area contributed by atoms with Crippen LogP contribution in [0.3, 0.4) is 0 Å². The number of hydrogen-bond donors (Lipinski definition) is 3. The molecular weight excluding hydrogens is 374 g/mol. The topological polar surface area (TPSA) is 110 Å². The van der Waals surface area contributed by atoms with Crippen LogP contribution in [0.1, 0.15) is 24.4 Å². The zero-order valence-corrected chi connectivity index (χ0v) is 16.0. The second-order valence-corrected chi connectivity index (χ2v) is 8.34. The molecule has 3 aromatic heterocycles. The number of thiazole rings is 1. The van der Waals surface area contributed by atoms with Crippen LogP contribution in [-0.2, 0) is 6.42 Å². The molecule has 0 unspecified atom stereocenters. The van der Waals surface area contributed by atoms with Crippen LogP contribution in [-0.4, -0.2) is 41.9 Å². The number of benzene rings is 1. The lowest BCUT2D eigenvalue weighted by molar-refractivity contribution is 0.00545. The summed E-state index contributed by atoms with van der Waals surface area (Å²) in [4.78, 5) is 12.7. The maximum Gasteiger partial charge on any atom is 0.145 e. The molecule has 28 heavy (non-hydrogen) atoms. The van der Waals surface area contributed by atoms with E-state index in [9.17, 15) is 10.2 Å². The van der Waals surface area contributed by atoms with Gasteiger partial charge in [0.05, 0.1) is 33.3 Å². The molecule has 1 aromatic carbocycles. The molecule has 4 N–H and O–H groups in total. The van der Waals surface area contributed by atoms with Gasteiger partial charge in [-0.2, -0.15) is 0 Å². The first-order chi connectivity index (χ1) is 13.6. The van der Waals surface area contributed by atoms with Crippen molar-refractivity contribution in [3.63, 3.8) is 0 Å². The summed E-state index contributed by atoms with van der Waals surface area (Å²) in [6, 6.07) is 7.96. The van der Waals surface area contributed by atoms with E-state index in [0.717, 1.165) is 23.7 Å². The van der Waals surface area contributed by atoms with Crippen molar-refractivity contribution in [2.75, 3.05) is 5.73 Å². The van der Waals surface area contributed by atoms with Crippen molar-refractivity contribution in [1.29, 1.82) is 0 Å². The van der Waals surface area contributed by atoms with Gasteiger partial charge in [0.2, 0.25) is 0 Å². The van der Waals surface area contributed by atoms with Crippen LogP contribution in [0.4, 0.5) is 5.82 Å². The Kier molecular flexibility index (Phi) is 4.26. The Bertz CT molecular complexity index is 1140. The zero-order chi connectivity index (χ0) is 19.3. The van der Waals surface area contributed by atoms with E-state index >= 15 is 0 Å². The molecule has 1 aliphatic rings. The van der Waals surface area contributed by atoms with E-state index in [-0.39, 0.29) is 12.0 Å². The monoisotopic (exact) mass is 395 g/mol. The van der Waals surface area contributed by atoms with Gasteiger partial charge in [0, 0.05) is 6.20 Å². The Balaban J connectivity index is 1.35. The number of rotatable bonds is 4. The first-order valence-electron chi connectivity index (χ1n) is 9.37. The fourth-order valence-corrected chi connectivity index (χ4v) is 4.99. The van der Waals surface area contributed by atoms with E-state index < -0.39 is 12.2 Å². The number of hydrogen-bond acceptors (Lipinski definition) is 7. The summed E-state index contributed by atoms with van der Waals surface area (Å²) in [5.74, 6) is 0.438. The summed E-state index contributed by atoms with van der Waals surface area (Å²) in [5, 5.41) is 22.1. The highest BCUT2D eigenvalue weighted by Crippen LogP contribution is 2.39. The molecule has 3 heterocycles. The maximum atomic E-state index is 10.7. The minimum Gasteiger partial charge on any atom is -0.390 e. The number of fused-ring (bicyclic) bond motifs is 2. The van der Waals surface area contributed by atoms with Gasteiger partial charge in [0.15, 0.2) is 0 Å². The van der Waals surface area contributed by atoms with Crippen LogP contribution in [0, 0.1) is 5.92 Å². The molecule has 0 radical (unpaired) electrons. The summed E-state index contributed by atoms with van der Waals surface area (Å²) in [7, 11) is 0. The molecule has 1 aliphatic carbocycles. The zero-order valence-electron chi connectivity index (χ0n) is 15.1. The second-order valence-electron chi connectivity index (χ2n) is 7.46. The van der Waals surface area contributed by atoms with Gasteiger partial charge in [-0.1, -0.05) is 6.07 Å². The van der Waals surface area contributed by atoms with E-state index in [1.54, 1.807) is 11.3 Å². The molecule has 8 heteroatoms. The lowest BCUT2D eigenvalue weighted by Crippen LogP contribution is -2.29. The predicted molar refractivity (Wildman–Crippen MR) is 109 cm³/mol. The highest BCUT2D eigenvalue weighted by molar-refractivity contribution is 7.16. The van der Waals surface area contributed by atoms with E-state index in [0.29, 0.717) is 17.9 Å². The van der Waals surface area contributed by atoms with Gasteiger partial charge in [-0.25, -0.2) is 15.0 Å². The highest BCUT2D eigenvalue weighted by Gasteiger charge is 2.42. The molecular formula is C20H21N5O2S. The van der Waals surface area contributed by atoms with Crippen molar-refractivity contribution in [2.24, 2.45) is 5.92 Å². The van der Waals surface area contributed by atoms with Crippen molar-refractivity contribution >= 4 is 38.4 Å². The number of aryl methyl sites for hydroxylation is 1. The van der Waals surface area contributed by atoms with Crippen LogP contribution < -0.4 is 5.73 Å². The summed E-state index contributed by atoms with van der Waals surface area (Å²) in [6.07, 6.45) is 4.04. The summed E-state index contributed by atoms with van der Waals surface area (Å²) in [6.45, 7) is 0. The molecule has 1 fully saturated rings. The van der Waals surface area contributed by atoms with Crippen molar-refractivity contribution in [3.05, 3.63) is 47.9 Å². The lowest BCUT2D eigenvalue weighted by atomic mass is 9.96. The van der Waals surface area contributed by atoms with Gasteiger partial charge in [-0.15, -0.1) is 11.3 Å². The minimum atomic E-state index is -0.835. The fourth-order valence-electron chi connectivity index (χ4n) is 4.33. The SMILES string of the molecule is Nc1ncnc2c1ccn2[C@@H]1C[C@H](CCc2ccc3scnc3c2)[C@@H](O)[C@H]1O. The van der Waals surface area contributed by atoms with Gasteiger partial charge in [0.1, 0.15) is 23.9 Å². The number of nitrogen functional groups attached to an aromatic ring is 1. The van der Waals surface area contributed by atoms with E-state index in [1.165, 1.54) is 16.6 Å². The molecule has 0 spiro atoms. The molecule has 0 aliphatic heterocycles. The third-order valence-electron chi connectivity index (χ3n) is 5.87. The maximum absolute atomic E-state index is 10.7. The summed E-state index contributed by atoms with van der Waals surface area (Å²) < 4.78 is 3.10. The Morgan fingerprint density at radius 3 is 2.93 bits per heavy atom. The minimum absolute atomic E-state index is 0.0164. The first-order valence-corrected chi connectivity index (χ1v) is 10.2. The van der Waals surface area contributed by atoms with Crippen LogP contribution in [0.25, 0.3) is 21.3 Å². The summed E-state index contributed by atoms with van der Waals surface area (Å²) >= 11 is 1.63. The van der Waals surface area contributed by atoms with Gasteiger partial charge in [-0.05, 0) is 48.9 Å². The predicted octanol–water partition coefficient (Wildman–Crippen LogP) is 2.54. The van der Waals surface area contributed by atoms with Crippen molar-refractivity contribution < 1.29 is 10.2 Å². The molecule has 144 valence electrons. The third kappa shape index (κ3) is 2.85. The molecule has 0 bridgehead atoms. The largest absolute Gasteiger partial charge is 0.390 e. The standard InChI is InChI=1S/C20H21N5O2S/c21-19-13-5-6-25(20(13)23-9-22-19)15-8-12(17(26)18(15)27)3-1-11-2-4-16-14(7-11)24-10-28-16/h2,4-7,9-10,12,15,17-18,26-27H,1,3,8H2,(H2,21,22,23)/t12-,15+,17+,18-/m0/s1. The molecule has 0 saturated heterocycles. The Hall–Kier alpha value is -2.55. The van der Waals surface area contributed by atoms with Crippen molar-refractivity contribution in [3.8, 4) is 0 Å². The van der Waals surface area contributed by atoms with Crippen LogP contribution >= 0.6 is 11.3 Å². The van der Waals surface area contributed by atoms with Gasteiger partial charge < -0.3 is 20.5 Å². The van der Waals surface area contributed by atoms with E-state index in [4.69, 9.17) is 5.73 Å². The third-order valence-corrected chi connectivity index (χ3v) is 6.68. The number of aliphatic hydroxyl groups excluding tert-OH is 2. The highest BCUT2D eigenvalue weighted by atomic mass is 32.1. The van der Waals surface area contributed by atoms with Gasteiger partial charge in [-0.3, -0.25) is 0 Å². The van der Waals surface area contributed by atoms with Gasteiger partial charge >= 0.3 is 0 Å². The van der Waals surface area contributed by atoms with Crippen LogP contribution in [0.5, 0.6) is 0 Å². The quantitative estimate of drug-likeness (QED) is 0.490. The normalized spacial score (nSPS) is 25.1. The van der Waals surface area contributed by atoms with Crippen LogP contribution in [0.2, 0.25) is 0 Å². The van der Waals surface area contributed by atoms with E-state index in [2.05, 4.69) is 33.2 Å². The molecule has 1 saturated carbocycles. The van der Waals surface area contributed by atoms with E-state index in [1.807, 2.05) is 22.3 Å². The Labute approximate surface area is 165 Å². The Morgan fingerprint density at radius 1 is 1.14 bits per heavy atom. The molecule has 7 nitrogen and oxygen atoms in total. The average Bonchev–Trinajstić information content (AvgIpc) is 3.40. The molecule has 4 atom stereocenters.